The number of rotatable bonds is 4. The van der Waals surface area contributed by atoms with E-state index in [2.05, 4.69) is 5.32 Å². The van der Waals surface area contributed by atoms with Gasteiger partial charge in [0.05, 0.1) is 5.56 Å². The number of nitrogens with one attached hydrogen (secondary N) is 1. The first kappa shape index (κ1) is 17.5. The van der Waals surface area contributed by atoms with Gasteiger partial charge in [0.15, 0.2) is 6.10 Å². The van der Waals surface area contributed by atoms with E-state index in [9.17, 15) is 14.0 Å². The monoisotopic (exact) mass is 330 g/mol. The molecule has 0 fully saturated rings. The summed E-state index contributed by atoms with van der Waals surface area (Å²) in [6, 6.07) is 8.95. The molecule has 0 aliphatic heterocycles. The minimum atomic E-state index is -1.03. The molecule has 2 aromatic rings. The largest absolute Gasteiger partial charge is 0.449 e. The SMILES string of the molecule is Cc1ccc(NC(=O)[C@H](C)OC(=O)c2ccc(F)cc2N)c(C)c1. The van der Waals surface area contributed by atoms with Crippen molar-refractivity contribution in [3.8, 4) is 0 Å². The molecule has 6 heteroatoms. The number of benzene rings is 2. The van der Waals surface area contributed by atoms with Crippen LogP contribution in [0.3, 0.4) is 0 Å². The molecule has 0 unspecified atom stereocenters. The fourth-order valence-electron chi connectivity index (χ4n) is 2.19. The third kappa shape index (κ3) is 4.10. The average Bonchev–Trinajstić information content (AvgIpc) is 2.49. The molecular formula is C18H19FN2O3. The molecule has 24 heavy (non-hydrogen) atoms. The van der Waals surface area contributed by atoms with Gasteiger partial charge in [-0.1, -0.05) is 17.7 Å². The van der Waals surface area contributed by atoms with Crippen molar-refractivity contribution in [3.05, 3.63) is 58.9 Å². The highest BCUT2D eigenvalue weighted by molar-refractivity contribution is 5.99. The highest BCUT2D eigenvalue weighted by Crippen LogP contribution is 2.18. The summed E-state index contributed by atoms with van der Waals surface area (Å²) in [5, 5.41) is 2.71. The van der Waals surface area contributed by atoms with Crippen LogP contribution < -0.4 is 11.1 Å². The summed E-state index contributed by atoms with van der Waals surface area (Å²) < 4.78 is 18.1. The second kappa shape index (κ2) is 7.12. The van der Waals surface area contributed by atoms with E-state index in [1.807, 2.05) is 26.0 Å². The summed E-state index contributed by atoms with van der Waals surface area (Å²) in [6.07, 6.45) is -1.03. The Bertz CT molecular complexity index is 790. The molecule has 1 atom stereocenters. The molecule has 126 valence electrons. The molecular weight excluding hydrogens is 311 g/mol. The topological polar surface area (TPSA) is 81.4 Å². The van der Waals surface area contributed by atoms with Crippen LogP contribution in [0, 0.1) is 19.7 Å². The van der Waals surface area contributed by atoms with Crippen LogP contribution in [0.5, 0.6) is 0 Å². The number of halogens is 1. The molecule has 0 heterocycles. The predicted octanol–water partition coefficient (Wildman–Crippen LogP) is 3.21. The lowest BCUT2D eigenvalue weighted by atomic mass is 10.1. The maximum atomic E-state index is 13.0. The predicted molar refractivity (Wildman–Crippen MR) is 90.2 cm³/mol. The quantitative estimate of drug-likeness (QED) is 0.666. The number of ether oxygens (including phenoxy) is 1. The summed E-state index contributed by atoms with van der Waals surface area (Å²) in [5.74, 6) is -1.79. The maximum absolute atomic E-state index is 13.0. The number of esters is 1. The first-order chi connectivity index (χ1) is 11.3. The van der Waals surface area contributed by atoms with Crippen LogP contribution in [-0.4, -0.2) is 18.0 Å². The van der Waals surface area contributed by atoms with Crippen molar-refractivity contribution < 1.29 is 18.7 Å². The highest BCUT2D eigenvalue weighted by Gasteiger charge is 2.21. The van der Waals surface area contributed by atoms with Crippen LogP contribution in [0.15, 0.2) is 36.4 Å². The van der Waals surface area contributed by atoms with Crippen molar-refractivity contribution in [3.63, 3.8) is 0 Å². The van der Waals surface area contributed by atoms with E-state index in [0.717, 1.165) is 23.3 Å². The minimum absolute atomic E-state index is 0.0163. The Morgan fingerprint density at radius 3 is 2.50 bits per heavy atom. The van der Waals surface area contributed by atoms with E-state index in [0.29, 0.717) is 5.69 Å². The van der Waals surface area contributed by atoms with Crippen LogP contribution in [0.1, 0.15) is 28.4 Å². The minimum Gasteiger partial charge on any atom is -0.449 e. The number of anilines is 2. The molecule has 0 bridgehead atoms. The van der Waals surface area contributed by atoms with Gasteiger partial charge in [0, 0.05) is 11.4 Å². The summed E-state index contributed by atoms with van der Waals surface area (Å²) >= 11 is 0. The molecule has 0 radical (unpaired) electrons. The Balaban J connectivity index is 2.04. The van der Waals surface area contributed by atoms with E-state index in [-0.39, 0.29) is 11.3 Å². The number of aryl methyl sites for hydroxylation is 2. The first-order valence-electron chi connectivity index (χ1n) is 7.42. The molecule has 0 aliphatic carbocycles. The van der Waals surface area contributed by atoms with Crippen molar-refractivity contribution in [1.82, 2.24) is 0 Å². The average molecular weight is 330 g/mol. The van der Waals surface area contributed by atoms with Crippen LogP contribution in [0.2, 0.25) is 0 Å². The van der Waals surface area contributed by atoms with Gasteiger partial charge in [-0.25, -0.2) is 9.18 Å². The van der Waals surface area contributed by atoms with Crippen molar-refractivity contribution >= 4 is 23.3 Å². The van der Waals surface area contributed by atoms with Crippen LogP contribution >= 0.6 is 0 Å². The van der Waals surface area contributed by atoms with Gasteiger partial charge >= 0.3 is 5.97 Å². The van der Waals surface area contributed by atoms with Gasteiger partial charge in [-0.3, -0.25) is 4.79 Å². The van der Waals surface area contributed by atoms with Crippen LogP contribution in [0.4, 0.5) is 15.8 Å². The number of amides is 1. The molecule has 1 amide bonds. The fraction of sp³-hybridized carbons (Fsp3) is 0.222. The van der Waals surface area contributed by atoms with Crippen molar-refractivity contribution in [2.45, 2.75) is 26.9 Å². The Kier molecular flexibility index (Phi) is 5.18. The standard InChI is InChI=1S/C18H19FN2O3/c1-10-4-7-16(11(2)8-10)21-17(22)12(3)24-18(23)14-6-5-13(19)9-15(14)20/h4-9,12H,20H2,1-3H3,(H,21,22)/t12-/m0/s1. The third-order valence-corrected chi connectivity index (χ3v) is 3.53. The summed E-state index contributed by atoms with van der Waals surface area (Å²) in [4.78, 5) is 24.2. The van der Waals surface area contributed by atoms with Crippen LogP contribution in [0.25, 0.3) is 0 Å². The Morgan fingerprint density at radius 1 is 1.17 bits per heavy atom. The number of carbonyl (C=O) groups is 2. The Hall–Kier alpha value is -2.89. The molecule has 0 aliphatic rings. The normalized spacial score (nSPS) is 11.7. The molecule has 2 aromatic carbocycles. The van der Waals surface area contributed by atoms with Gasteiger partial charge in [-0.15, -0.1) is 0 Å². The van der Waals surface area contributed by atoms with Crippen molar-refractivity contribution in [2.24, 2.45) is 0 Å². The van der Waals surface area contributed by atoms with Crippen molar-refractivity contribution in [2.75, 3.05) is 11.1 Å². The molecule has 0 saturated heterocycles. The van der Waals surface area contributed by atoms with Gasteiger partial charge in [-0.05, 0) is 50.6 Å². The molecule has 0 saturated carbocycles. The fourth-order valence-corrected chi connectivity index (χ4v) is 2.19. The zero-order chi connectivity index (χ0) is 17.9. The second-order valence-electron chi connectivity index (χ2n) is 5.59. The molecule has 5 nitrogen and oxygen atoms in total. The van der Waals surface area contributed by atoms with E-state index in [1.54, 1.807) is 6.07 Å². The second-order valence-corrected chi connectivity index (χ2v) is 5.59. The van der Waals surface area contributed by atoms with Gasteiger partial charge < -0.3 is 15.8 Å². The van der Waals surface area contributed by atoms with E-state index < -0.39 is 23.8 Å². The highest BCUT2D eigenvalue weighted by atomic mass is 19.1. The summed E-state index contributed by atoms with van der Waals surface area (Å²) in [7, 11) is 0. The lowest BCUT2D eigenvalue weighted by Gasteiger charge is -2.15. The van der Waals surface area contributed by atoms with Crippen molar-refractivity contribution in [1.29, 1.82) is 0 Å². The molecule has 0 aromatic heterocycles. The van der Waals surface area contributed by atoms with Crippen LogP contribution in [-0.2, 0) is 9.53 Å². The van der Waals surface area contributed by atoms with Gasteiger partial charge in [0.1, 0.15) is 5.82 Å². The van der Waals surface area contributed by atoms with Gasteiger partial charge in [0.2, 0.25) is 0 Å². The zero-order valence-electron chi connectivity index (χ0n) is 13.7. The smallest absolute Gasteiger partial charge is 0.341 e. The number of hydrogen-bond acceptors (Lipinski definition) is 4. The van der Waals surface area contributed by atoms with E-state index in [4.69, 9.17) is 10.5 Å². The Labute approximate surface area is 139 Å². The zero-order valence-corrected chi connectivity index (χ0v) is 13.7. The van der Waals surface area contributed by atoms with Gasteiger partial charge in [0.25, 0.3) is 5.91 Å². The number of nitrogen functional groups attached to an aromatic ring is 1. The lowest BCUT2D eigenvalue weighted by Crippen LogP contribution is -2.30. The summed E-state index contributed by atoms with van der Waals surface area (Å²) in [5.41, 5.74) is 8.20. The maximum Gasteiger partial charge on any atom is 0.341 e. The summed E-state index contributed by atoms with van der Waals surface area (Å²) in [6.45, 7) is 5.28. The Morgan fingerprint density at radius 2 is 1.88 bits per heavy atom. The number of carbonyl (C=O) groups excluding carboxylic acids is 2. The number of nitrogens with two attached hydrogens (primary N) is 1. The third-order valence-electron chi connectivity index (χ3n) is 3.53. The first-order valence-corrected chi connectivity index (χ1v) is 7.42. The van der Waals surface area contributed by atoms with E-state index in [1.165, 1.54) is 13.0 Å². The molecule has 2 rings (SSSR count). The molecule has 3 N–H and O–H groups in total. The van der Waals surface area contributed by atoms with E-state index >= 15 is 0 Å². The van der Waals surface area contributed by atoms with Gasteiger partial charge in [-0.2, -0.15) is 0 Å². The lowest BCUT2D eigenvalue weighted by molar-refractivity contribution is -0.123. The molecule has 0 spiro atoms. The number of hydrogen-bond donors (Lipinski definition) is 2.